The molecule has 0 spiro atoms. The molecule has 0 saturated carbocycles. The van der Waals surface area contributed by atoms with Crippen LogP contribution >= 0.6 is 0 Å². The minimum atomic E-state index is -0.122. The van der Waals surface area contributed by atoms with Crippen molar-refractivity contribution in [1.29, 1.82) is 0 Å². The highest BCUT2D eigenvalue weighted by Gasteiger charge is 2.19. The Morgan fingerprint density at radius 1 is 1.20 bits per heavy atom. The molecule has 25 heavy (non-hydrogen) atoms. The molecule has 1 N–H and O–H groups in total. The first-order chi connectivity index (χ1) is 12.1. The second kappa shape index (κ2) is 8.23. The summed E-state index contributed by atoms with van der Waals surface area (Å²) >= 11 is 0. The van der Waals surface area contributed by atoms with Crippen LogP contribution in [0.3, 0.4) is 0 Å². The summed E-state index contributed by atoms with van der Waals surface area (Å²) in [4.78, 5) is 26.0. The summed E-state index contributed by atoms with van der Waals surface area (Å²) < 4.78 is 11.1. The van der Waals surface area contributed by atoms with Gasteiger partial charge in [-0.1, -0.05) is 12.5 Å². The first kappa shape index (κ1) is 17.6. The lowest BCUT2D eigenvalue weighted by Crippen LogP contribution is -2.35. The number of nitrogens with zero attached hydrogens (tertiary/aromatic N) is 1. The van der Waals surface area contributed by atoms with E-state index >= 15 is 0 Å². The van der Waals surface area contributed by atoms with Crippen LogP contribution in [0.1, 0.15) is 50.6 Å². The van der Waals surface area contributed by atoms with Crippen molar-refractivity contribution in [2.24, 2.45) is 0 Å². The van der Waals surface area contributed by atoms with E-state index < -0.39 is 0 Å². The van der Waals surface area contributed by atoms with Gasteiger partial charge in [-0.3, -0.25) is 9.59 Å². The molecule has 1 unspecified atom stereocenters. The zero-order valence-electron chi connectivity index (χ0n) is 14.8. The van der Waals surface area contributed by atoms with Crippen LogP contribution in [0.5, 0.6) is 11.5 Å². The first-order valence-corrected chi connectivity index (χ1v) is 9.10. The molecule has 136 valence electrons. The molecule has 6 heteroatoms. The number of fused-ring (bicyclic) bond motifs is 1. The van der Waals surface area contributed by atoms with Crippen LogP contribution in [0.25, 0.3) is 0 Å². The van der Waals surface area contributed by atoms with Gasteiger partial charge in [-0.15, -0.1) is 0 Å². The maximum Gasteiger partial charge on any atom is 0.222 e. The smallest absolute Gasteiger partial charge is 0.222 e. The van der Waals surface area contributed by atoms with Crippen LogP contribution in [-0.4, -0.2) is 43.0 Å². The monoisotopic (exact) mass is 346 g/mol. The molecule has 1 saturated heterocycles. The van der Waals surface area contributed by atoms with Crippen LogP contribution in [-0.2, 0) is 9.59 Å². The van der Waals surface area contributed by atoms with Gasteiger partial charge in [0.25, 0.3) is 0 Å². The standard InChI is InChI=1S/C19H26N2O4/c1-14(15-6-7-16-17(13-15)25-12-11-24-16)20-18(22)8-10-21-9-4-2-3-5-19(21)23/h6-7,13-14H,2-5,8-12H2,1H3,(H,20,22). The van der Waals surface area contributed by atoms with E-state index in [1.165, 1.54) is 0 Å². The Labute approximate surface area is 148 Å². The highest BCUT2D eigenvalue weighted by atomic mass is 16.6. The molecular formula is C19H26N2O4. The minimum absolute atomic E-state index is 0.0422. The second-order valence-corrected chi connectivity index (χ2v) is 6.63. The lowest BCUT2D eigenvalue weighted by atomic mass is 10.1. The molecule has 2 aliphatic heterocycles. The maximum atomic E-state index is 12.2. The van der Waals surface area contributed by atoms with E-state index in [9.17, 15) is 9.59 Å². The van der Waals surface area contributed by atoms with E-state index in [2.05, 4.69) is 5.32 Å². The zero-order chi connectivity index (χ0) is 17.6. The molecular weight excluding hydrogens is 320 g/mol. The van der Waals surface area contributed by atoms with Crippen molar-refractivity contribution in [3.8, 4) is 11.5 Å². The van der Waals surface area contributed by atoms with Gasteiger partial charge in [-0.2, -0.15) is 0 Å². The fourth-order valence-electron chi connectivity index (χ4n) is 3.24. The Hall–Kier alpha value is -2.24. The average Bonchev–Trinajstić information content (AvgIpc) is 2.83. The van der Waals surface area contributed by atoms with Crippen molar-refractivity contribution in [1.82, 2.24) is 10.2 Å². The van der Waals surface area contributed by atoms with Gasteiger partial charge in [0, 0.05) is 25.9 Å². The van der Waals surface area contributed by atoms with Crippen LogP contribution < -0.4 is 14.8 Å². The predicted octanol–water partition coefficient (Wildman–Crippen LogP) is 2.43. The summed E-state index contributed by atoms with van der Waals surface area (Å²) in [5.74, 6) is 1.60. The van der Waals surface area contributed by atoms with Gasteiger partial charge >= 0.3 is 0 Å². The summed E-state index contributed by atoms with van der Waals surface area (Å²) in [5, 5.41) is 3.00. The number of hydrogen-bond donors (Lipinski definition) is 1. The van der Waals surface area contributed by atoms with Gasteiger partial charge in [-0.25, -0.2) is 0 Å². The van der Waals surface area contributed by atoms with Crippen LogP contribution in [0, 0.1) is 0 Å². The Morgan fingerprint density at radius 2 is 2.00 bits per heavy atom. The number of likely N-dealkylation sites (tertiary alicyclic amines) is 1. The molecule has 2 aliphatic rings. The number of carbonyl (C=O) groups excluding carboxylic acids is 2. The minimum Gasteiger partial charge on any atom is -0.486 e. The van der Waals surface area contributed by atoms with E-state index in [-0.39, 0.29) is 17.9 Å². The van der Waals surface area contributed by atoms with Crippen molar-refractivity contribution in [2.45, 2.75) is 45.1 Å². The number of rotatable bonds is 5. The third kappa shape index (κ3) is 4.65. The van der Waals surface area contributed by atoms with Crippen molar-refractivity contribution in [3.63, 3.8) is 0 Å². The summed E-state index contributed by atoms with van der Waals surface area (Å²) in [6, 6.07) is 5.61. The molecule has 1 aromatic carbocycles. The van der Waals surface area contributed by atoms with Gasteiger partial charge < -0.3 is 19.7 Å². The highest BCUT2D eigenvalue weighted by Crippen LogP contribution is 2.32. The molecule has 1 atom stereocenters. The third-order valence-corrected chi connectivity index (χ3v) is 4.72. The quantitative estimate of drug-likeness (QED) is 0.889. The van der Waals surface area contributed by atoms with E-state index in [4.69, 9.17) is 9.47 Å². The third-order valence-electron chi connectivity index (χ3n) is 4.72. The number of carbonyl (C=O) groups is 2. The molecule has 2 amide bonds. The fourth-order valence-corrected chi connectivity index (χ4v) is 3.24. The SMILES string of the molecule is CC(NC(=O)CCN1CCCCCC1=O)c1ccc2c(c1)OCCO2. The molecule has 1 fully saturated rings. The molecule has 0 radical (unpaired) electrons. The number of nitrogens with one attached hydrogen (secondary N) is 1. The Bertz CT molecular complexity index is 632. The summed E-state index contributed by atoms with van der Waals surface area (Å²) in [6.45, 7) is 4.32. The number of ether oxygens (including phenoxy) is 2. The number of benzene rings is 1. The predicted molar refractivity (Wildman–Crippen MR) is 93.7 cm³/mol. The molecule has 0 aliphatic carbocycles. The van der Waals surface area contributed by atoms with Crippen molar-refractivity contribution in [3.05, 3.63) is 23.8 Å². The molecule has 2 heterocycles. The van der Waals surface area contributed by atoms with E-state index in [0.717, 1.165) is 42.9 Å². The topological polar surface area (TPSA) is 67.9 Å². The molecule has 0 aromatic heterocycles. The Morgan fingerprint density at radius 3 is 2.84 bits per heavy atom. The normalized spacial score (nSPS) is 18.4. The number of amides is 2. The zero-order valence-corrected chi connectivity index (χ0v) is 14.8. The van der Waals surface area contributed by atoms with Gasteiger partial charge in [0.05, 0.1) is 6.04 Å². The summed E-state index contributed by atoms with van der Waals surface area (Å²) in [5.41, 5.74) is 0.975. The summed E-state index contributed by atoms with van der Waals surface area (Å²) in [6.07, 6.45) is 4.02. The van der Waals surface area contributed by atoms with E-state index in [0.29, 0.717) is 32.6 Å². The first-order valence-electron chi connectivity index (χ1n) is 9.10. The fraction of sp³-hybridized carbons (Fsp3) is 0.579. The second-order valence-electron chi connectivity index (χ2n) is 6.63. The van der Waals surface area contributed by atoms with Crippen LogP contribution in [0.4, 0.5) is 0 Å². The Kier molecular flexibility index (Phi) is 5.79. The average molecular weight is 346 g/mol. The van der Waals surface area contributed by atoms with Crippen LogP contribution in [0.15, 0.2) is 18.2 Å². The van der Waals surface area contributed by atoms with Gasteiger partial charge in [0.1, 0.15) is 13.2 Å². The highest BCUT2D eigenvalue weighted by molar-refractivity contribution is 5.79. The van der Waals surface area contributed by atoms with E-state index in [1.54, 1.807) is 0 Å². The molecule has 3 rings (SSSR count). The molecule has 6 nitrogen and oxygen atoms in total. The maximum absolute atomic E-state index is 12.2. The van der Waals surface area contributed by atoms with Gasteiger partial charge in [0.2, 0.25) is 11.8 Å². The Balaban J connectivity index is 1.51. The van der Waals surface area contributed by atoms with Gasteiger partial charge in [-0.05, 0) is 37.5 Å². The lowest BCUT2D eigenvalue weighted by Gasteiger charge is -2.22. The van der Waals surface area contributed by atoms with Gasteiger partial charge in [0.15, 0.2) is 11.5 Å². The summed E-state index contributed by atoms with van der Waals surface area (Å²) in [7, 11) is 0. The van der Waals surface area contributed by atoms with Crippen molar-refractivity contribution >= 4 is 11.8 Å². The van der Waals surface area contributed by atoms with E-state index in [1.807, 2.05) is 30.0 Å². The van der Waals surface area contributed by atoms with Crippen LogP contribution in [0.2, 0.25) is 0 Å². The molecule has 1 aromatic rings. The van der Waals surface area contributed by atoms with Crippen molar-refractivity contribution < 1.29 is 19.1 Å². The van der Waals surface area contributed by atoms with Crippen molar-refractivity contribution in [2.75, 3.05) is 26.3 Å². The lowest BCUT2D eigenvalue weighted by molar-refractivity contribution is -0.131. The largest absolute Gasteiger partial charge is 0.486 e. The molecule has 0 bridgehead atoms. The number of hydrogen-bond acceptors (Lipinski definition) is 4.